The van der Waals surface area contributed by atoms with E-state index in [-0.39, 0.29) is 5.56 Å². The monoisotopic (exact) mass is 770 g/mol. The van der Waals surface area contributed by atoms with Gasteiger partial charge in [-0.05, 0) is 55.3 Å². The molecule has 2 N–H and O–H groups in total. The Kier molecular flexibility index (Phi) is 9.73. The first kappa shape index (κ1) is 36.2. The Bertz CT molecular complexity index is 2840. The molecule has 1 aliphatic rings. The van der Waals surface area contributed by atoms with Gasteiger partial charge in [0.05, 0.1) is 29.3 Å². The fourth-order valence-corrected chi connectivity index (χ4v) is 7.25. The molecule has 58 heavy (non-hydrogen) atoms. The molecule has 1 saturated heterocycles. The number of aromatic amines is 1. The lowest BCUT2D eigenvalue weighted by Crippen LogP contribution is -2.32. The van der Waals surface area contributed by atoms with E-state index in [0.29, 0.717) is 23.4 Å². The highest BCUT2D eigenvalue weighted by atomic mass is 16.4. The largest absolute Gasteiger partial charge is 0.478 e. The molecule has 0 radical (unpaired) electrons. The first-order valence-corrected chi connectivity index (χ1v) is 18.8. The van der Waals surface area contributed by atoms with E-state index in [1.807, 2.05) is 40.5 Å². The van der Waals surface area contributed by atoms with Gasteiger partial charge in [0.25, 0.3) is 0 Å². The molecular weight excluding hydrogens is 733 g/mol. The van der Waals surface area contributed by atoms with Crippen molar-refractivity contribution in [1.29, 1.82) is 0 Å². The molecule has 0 atom stereocenters. The Morgan fingerprint density at radius 3 is 2.34 bits per heavy atom. The van der Waals surface area contributed by atoms with E-state index in [0.717, 1.165) is 82.9 Å². The van der Waals surface area contributed by atoms with Gasteiger partial charge < -0.3 is 9.67 Å². The molecule has 16 nitrogen and oxygen atoms in total. The Morgan fingerprint density at radius 1 is 0.862 bits per heavy atom. The number of piperidine rings is 1. The number of aromatic carboxylic acids is 1. The van der Waals surface area contributed by atoms with Crippen LogP contribution in [0.2, 0.25) is 0 Å². The van der Waals surface area contributed by atoms with E-state index in [1.54, 1.807) is 31.8 Å². The highest BCUT2D eigenvalue weighted by molar-refractivity contribution is 5.98. The lowest BCUT2D eigenvalue weighted by Gasteiger charge is -2.31. The van der Waals surface area contributed by atoms with Gasteiger partial charge in [-0.15, -0.1) is 15.3 Å². The van der Waals surface area contributed by atoms with Crippen LogP contribution in [0.3, 0.4) is 0 Å². The van der Waals surface area contributed by atoms with Gasteiger partial charge in [-0.1, -0.05) is 54.6 Å². The highest BCUT2D eigenvalue weighted by Gasteiger charge is 2.24. The Morgan fingerprint density at radius 2 is 1.66 bits per heavy atom. The summed E-state index contributed by atoms with van der Waals surface area (Å²) in [5.74, 6) is 2.12. The van der Waals surface area contributed by atoms with E-state index in [1.165, 1.54) is 22.6 Å². The van der Waals surface area contributed by atoms with E-state index >= 15 is 0 Å². The molecular formula is C42H38N14O2. The lowest BCUT2D eigenvalue weighted by atomic mass is 9.95. The molecule has 0 unspecified atom stereocenters. The maximum atomic E-state index is 10.2. The maximum Gasteiger partial charge on any atom is 0.338 e. The van der Waals surface area contributed by atoms with Crippen molar-refractivity contribution in [3.05, 3.63) is 133 Å². The summed E-state index contributed by atoms with van der Waals surface area (Å²) in [5, 5.41) is 29.5. The van der Waals surface area contributed by atoms with E-state index < -0.39 is 5.97 Å². The number of benzene rings is 2. The molecule has 7 aromatic heterocycles. The minimum Gasteiger partial charge on any atom is -0.478 e. The zero-order valence-electron chi connectivity index (χ0n) is 31.8. The van der Waals surface area contributed by atoms with Crippen LogP contribution in [0.4, 0.5) is 0 Å². The zero-order chi connectivity index (χ0) is 39.6. The van der Waals surface area contributed by atoms with E-state index in [2.05, 4.69) is 99.9 Å². The molecule has 0 amide bonds. The summed E-state index contributed by atoms with van der Waals surface area (Å²) in [6, 6.07) is 25.3. The summed E-state index contributed by atoms with van der Waals surface area (Å²) < 4.78 is 5.34. The van der Waals surface area contributed by atoms with Gasteiger partial charge in [0.15, 0.2) is 17.3 Å². The van der Waals surface area contributed by atoms with E-state index in [9.17, 15) is 4.79 Å². The molecule has 2 aromatic carbocycles. The lowest BCUT2D eigenvalue weighted by molar-refractivity contribution is 0.0696. The third-order valence-corrected chi connectivity index (χ3v) is 10.2. The van der Waals surface area contributed by atoms with Crippen molar-refractivity contribution in [2.24, 2.45) is 14.1 Å². The third kappa shape index (κ3) is 7.43. The van der Waals surface area contributed by atoms with Crippen molar-refractivity contribution >= 4 is 22.5 Å². The minimum absolute atomic E-state index is 0.220. The third-order valence-electron chi connectivity index (χ3n) is 10.2. The van der Waals surface area contributed by atoms with Crippen LogP contribution in [-0.2, 0) is 20.6 Å². The number of carboxylic acids is 1. The summed E-state index contributed by atoms with van der Waals surface area (Å²) in [4.78, 5) is 35.6. The molecule has 0 aliphatic carbocycles. The normalized spacial score (nSPS) is 13.5. The Labute approximate surface area is 332 Å². The van der Waals surface area contributed by atoms with Gasteiger partial charge in [0.2, 0.25) is 5.82 Å². The van der Waals surface area contributed by atoms with Crippen molar-refractivity contribution in [1.82, 2.24) is 69.0 Å². The second-order valence-corrected chi connectivity index (χ2v) is 14.2. The standard InChI is InChI=1S/C37H32N12.C5H6N2O2/c1-47-22-31(40-23-47)37-46-45-36-29-20-28(25-6-3-2-4-7-25)32(41-30(29)14-19-49(36)37)26-10-8-24(9-11-26)21-48-17-12-27(13-18-48)33-42-35(44-43-33)34-38-15-5-16-39-34;1-7-3-4(2-6-7)5(8)9/h2-11,14-16,19-20,22-23,27H,12-13,17-18,21H2,1H3,(H,42,43,44);2-3H,1H3,(H,8,9). The molecule has 16 heteroatoms. The SMILES string of the molecule is Cn1cc(C(=O)O)cn1.Cn1cnc(-c2nnc3c4cc(-c5ccccc5)c(-c5ccc(CN6CCC(c7nc(-c8ncccn8)n[nH]7)CC6)cc5)nc4ccn23)c1. The van der Waals surface area contributed by atoms with Crippen LogP contribution in [-0.4, -0.2) is 93.1 Å². The summed E-state index contributed by atoms with van der Waals surface area (Å²) in [7, 11) is 3.62. The second-order valence-electron chi connectivity index (χ2n) is 14.2. The van der Waals surface area contributed by atoms with Gasteiger partial charge in [0, 0.05) is 74.1 Å². The number of aromatic nitrogens is 13. The van der Waals surface area contributed by atoms with Crippen LogP contribution < -0.4 is 0 Å². The van der Waals surface area contributed by atoms with Crippen LogP contribution in [0, 0.1) is 0 Å². The van der Waals surface area contributed by atoms with Crippen molar-refractivity contribution in [3.63, 3.8) is 0 Å². The Hall–Kier alpha value is -7.46. The molecule has 1 fully saturated rings. The predicted molar refractivity (Wildman–Crippen MR) is 216 cm³/mol. The average molecular weight is 771 g/mol. The quantitative estimate of drug-likeness (QED) is 0.182. The second kappa shape index (κ2) is 15.6. The van der Waals surface area contributed by atoms with Crippen LogP contribution in [0.1, 0.15) is 40.5 Å². The highest BCUT2D eigenvalue weighted by Crippen LogP contribution is 2.35. The number of hydrogen-bond acceptors (Lipinski definition) is 11. The number of H-pyrrole nitrogens is 1. The minimum atomic E-state index is -0.942. The zero-order valence-corrected chi connectivity index (χ0v) is 31.8. The molecule has 288 valence electrons. The summed E-state index contributed by atoms with van der Waals surface area (Å²) in [6.45, 7) is 2.88. The first-order chi connectivity index (χ1) is 28.4. The molecule has 0 bridgehead atoms. The van der Waals surface area contributed by atoms with Crippen molar-refractivity contribution in [2.45, 2.75) is 25.3 Å². The number of pyridine rings is 2. The summed E-state index contributed by atoms with van der Waals surface area (Å²) in [6.07, 6.45) is 13.9. The first-order valence-electron chi connectivity index (χ1n) is 18.8. The number of rotatable bonds is 8. The number of hydrogen-bond donors (Lipinski definition) is 2. The molecule has 1 aliphatic heterocycles. The number of fused-ring (bicyclic) bond motifs is 3. The van der Waals surface area contributed by atoms with Crippen molar-refractivity contribution in [3.8, 4) is 45.6 Å². The van der Waals surface area contributed by atoms with Gasteiger partial charge in [-0.3, -0.25) is 19.1 Å². The van der Waals surface area contributed by atoms with Crippen LogP contribution in [0.25, 0.3) is 62.1 Å². The van der Waals surface area contributed by atoms with Gasteiger partial charge >= 0.3 is 5.97 Å². The van der Waals surface area contributed by atoms with E-state index in [4.69, 9.17) is 15.1 Å². The number of nitrogens with one attached hydrogen (secondary N) is 1. The molecule has 8 heterocycles. The number of likely N-dealkylation sites (tertiary alicyclic amines) is 1. The predicted octanol–water partition coefficient (Wildman–Crippen LogP) is 6.09. The number of imidazole rings is 1. The van der Waals surface area contributed by atoms with Crippen LogP contribution in [0.15, 0.2) is 116 Å². The molecule has 10 rings (SSSR count). The number of nitrogens with zero attached hydrogens (tertiary/aromatic N) is 13. The topological polar surface area (TPSA) is 187 Å². The Balaban J connectivity index is 0.000000430. The fourth-order valence-electron chi connectivity index (χ4n) is 7.25. The van der Waals surface area contributed by atoms with Crippen LogP contribution in [0.5, 0.6) is 0 Å². The maximum absolute atomic E-state index is 10.2. The number of carboxylic acid groups (broad SMARTS) is 1. The molecule has 9 aromatic rings. The van der Waals surface area contributed by atoms with Crippen molar-refractivity contribution in [2.75, 3.05) is 13.1 Å². The van der Waals surface area contributed by atoms with Gasteiger partial charge in [-0.25, -0.2) is 29.7 Å². The fraction of sp³-hybridized carbons (Fsp3) is 0.190. The van der Waals surface area contributed by atoms with Crippen molar-refractivity contribution < 1.29 is 9.90 Å². The van der Waals surface area contributed by atoms with Crippen LogP contribution >= 0.6 is 0 Å². The number of carbonyl (C=O) groups is 1. The summed E-state index contributed by atoms with van der Waals surface area (Å²) in [5.41, 5.74) is 8.04. The number of aryl methyl sites for hydroxylation is 2. The smallest absolute Gasteiger partial charge is 0.338 e. The molecule has 0 spiro atoms. The van der Waals surface area contributed by atoms with Gasteiger partial charge in [0.1, 0.15) is 11.5 Å². The summed E-state index contributed by atoms with van der Waals surface area (Å²) >= 11 is 0. The van der Waals surface area contributed by atoms with Gasteiger partial charge in [-0.2, -0.15) is 5.10 Å². The average Bonchev–Trinajstić information content (AvgIpc) is 4.10. The molecule has 0 saturated carbocycles.